The number of carbonyl (C=O) groups is 2. The maximum Gasteiger partial charge on any atom is 0.254 e. The quantitative estimate of drug-likeness (QED) is 0.216. The van der Waals surface area contributed by atoms with E-state index in [4.69, 9.17) is 11.6 Å². The number of halogens is 1. The fourth-order valence-corrected chi connectivity index (χ4v) is 5.93. The molecule has 1 aliphatic heterocycles. The number of hydrogen-bond acceptors (Lipinski definition) is 2. The van der Waals surface area contributed by atoms with E-state index >= 15 is 0 Å². The van der Waals surface area contributed by atoms with Crippen molar-refractivity contribution in [1.29, 1.82) is 0 Å². The Hall–Kier alpha value is -4.61. The van der Waals surface area contributed by atoms with Crippen molar-refractivity contribution in [3.8, 4) is 16.8 Å². The molecule has 0 N–H and O–H groups in total. The van der Waals surface area contributed by atoms with Crippen LogP contribution in [0.15, 0.2) is 121 Å². The minimum Gasteiger partial charge on any atom is -0.326 e. The molecule has 2 heterocycles. The molecule has 7 rings (SSSR count). The third-order valence-corrected chi connectivity index (χ3v) is 8.22. The van der Waals surface area contributed by atoms with Crippen LogP contribution in [0.3, 0.4) is 0 Å². The standard InChI is InChI=1S/C35H28ClN3O2/c36-28-18-16-26(17-19-28)34-32-11-6-22-37(32)30-9-4-5-10-31(30)39(34)33(40)23-38(29-20-21-29)35(41)27-14-12-25(13-15-27)24-7-2-1-3-8-24/h1-19,22,29,34H,20-21,23H2. The van der Waals surface area contributed by atoms with E-state index in [1.807, 2.05) is 114 Å². The average molecular weight is 558 g/mol. The van der Waals surface area contributed by atoms with Crippen LogP contribution in [0.5, 0.6) is 0 Å². The van der Waals surface area contributed by atoms with Gasteiger partial charge in [0.05, 0.1) is 17.1 Å². The third-order valence-electron chi connectivity index (χ3n) is 7.97. The third kappa shape index (κ3) is 4.72. The molecule has 2 aliphatic rings. The second-order valence-electron chi connectivity index (χ2n) is 10.6. The first-order chi connectivity index (χ1) is 20.1. The monoisotopic (exact) mass is 557 g/mol. The molecule has 1 atom stereocenters. The lowest BCUT2D eigenvalue weighted by atomic mass is 9.97. The summed E-state index contributed by atoms with van der Waals surface area (Å²) >= 11 is 6.23. The maximum absolute atomic E-state index is 14.4. The van der Waals surface area contributed by atoms with E-state index < -0.39 is 0 Å². The number of fused-ring (bicyclic) bond motifs is 3. The van der Waals surface area contributed by atoms with Crippen molar-refractivity contribution in [3.63, 3.8) is 0 Å². The molecule has 0 radical (unpaired) electrons. The first-order valence-corrected chi connectivity index (χ1v) is 14.3. The molecule has 6 heteroatoms. The second-order valence-corrected chi connectivity index (χ2v) is 11.1. The van der Waals surface area contributed by atoms with Crippen LogP contribution in [0.2, 0.25) is 5.02 Å². The molecule has 4 aromatic carbocycles. The Balaban J connectivity index is 1.22. The zero-order valence-electron chi connectivity index (χ0n) is 22.4. The highest BCUT2D eigenvalue weighted by Gasteiger charge is 2.40. The largest absolute Gasteiger partial charge is 0.326 e. The van der Waals surface area contributed by atoms with Crippen molar-refractivity contribution in [1.82, 2.24) is 9.47 Å². The molecule has 1 aromatic heterocycles. The van der Waals surface area contributed by atoms with Crippen molar-refractivity contribution in [2.24, 2.45) is 0 Å². The van der Waals surface area contributed by atoms with E-state index in [1.165, 1.54) is 0 Å². The van der Waals surface area contributed by atoms with Gasteiger partial charge in [0.2, 0.25) is 5.91 Å². The molecule has 5 nitrogen and oxygen atoms in total. The molecule has 1 fully saturated rings. The van der Waals surface area contributed by atoms with Gasteiger partial charge in [-0.05, 0) is 78.1 Å². The van der Waals surface area contributed by atoms with Gasteiger partial charge in [0.15, 0.2) is 0 Å². The van der Waals surface area contributed by atoms with E-state index in [1.54, 1.807) is 4.90 Å². The fraction of sp³-hybridized carbons (Fsp3) is 0.143. The number of nitrogens with zero attached hydrogens (tertiary/aromatic N) is 3. The van der Waals surface area contributed by atoms with Crippen LogP contribution in [0.25, 0.3) is 16.8 Å². The second kappa shape index (κ2) is 10.4. The first kappa shape index (κ1) is 25.4. The molecule has 1 aliphatic carbocycles. The predicted octanol–water partition coefficient (Wildman–Crippen LogP) is 7.54. The zero-order valence-corrected chi connectivity index (χ0v) is 23.1. The number of carbonyl (C=O) groups excluding carboxylic acids is 2. The van der Waals surface area contributed by atoms with Crippen molar-refractivity contribution in [2.45, 2.75) is 24.9 Å². The van der Waals surface area contributed by atoms with Crippen LogP contribution in [0, 0.1) is 0 Å². The van der Waals surface area contributed by atoms with Crippen molar-refractivity contribution < 1.29 is 9.59 Å². The number of amides is 2. The summed E-state index contributed by atoms with van der Waals surface area (Å²) in [5.74, 6) is -0.233. The van der Waals surface area contributed by atoms with Gasteiger partial charge in [-0.15, -0.1) is 0 Å². The van der Waals surface area contributed by atoms with Crippen molar-refractivity contribution in [2.75, 3.05) is 11.4 Å². The summed E-state index contributed by atoms with van der Waals surface area (Å²) in [5.41, 5.74) is 6.44. The Bertz CT molecular complexity index is 1720. The molecule has 0 spiro atoms. The Labute approximate surface area is 244 Å². The van der Waals surface area contributed by atoms with Gasteiger partial charge in [-0.25, -0.2) is 0 Å². The normalized spacial score (nSPS) is 15.6. The lowest BCUT2D eigenvalue weighted by Gasteiger charge is -2.39. The smallest absolute Gasteiger partial charge is 0.254 e. The molecule has 2 amide bonds. The molecular weight excluding hydrogens is 530 g/mol. The first-order valence-electron chi connectivity index (χ1n) is 13.9. The topological polar surface area (TPSA) is 45.6 Å². The summed E-state index contributed by atoms with van der Waals surface area (Å²) in [5, 5.41) is 0.641. The summed E-state index contributed by atoms with van der Waals surface area (Å²) < 4.78 is 2.14. The van der Waals surface area contributed by atoms with Gasteiger partial charge >= 0.3 is 0 Å². The van der Waals surface area contributed by atoms with E-state index in [-0.39, 0.29) is 30.4 Å². The minimum absolute atomic E-state index is 0.00304. The van der Waals surface area contributed by atoms with Gasteiger partial charge in [-0.1, -0.05) is 78.3 Å². The van der Waals surface area contributed by atoms with Gasteiger partial charge in [0.1, 0.15) is 12.6 Å². The number of para-hydroxylation sites is 2. The molecule has 5 aromatic rings. The van der Waals surface area contributed by atoms with Gasteiger partial charge < -0.3 is 9.47 Å². The molecule has 1 saturated carbocycles. The summed E-state index contributed by atoms with van der Waals surface area (Å²) in [6.45, 7) is 0.00304. The number of rotatable bonds is 6. The van der Waals surface area contributed by atoms with Gasteiger partial charge in [0.25, 0.3) is 5.91 Å². The Morgan fingerprint density at radius 3 is 2.10 bits per heavy atom. The van der Waals surface area contributed by atoms with Crippen molar-refractivity contribution >= 4 is 29.1 Å². The van der Waals surface area contributed by atoms with Gasteiger partial charge in [-0.2, -0.15) is 0 Å². The Morgan fingerprint density at radius 1 is 0.732 bits per heavy atom. The Kier molecular flexibility index (Phi) is 6.44. The fourth-order valence-electron chi connectivity index (χ4n) is 5.80. The highest BCUT2D eigenvalue weighted by molar-refractivity contribution is 6.30. The highest BCUT2D eigenvalue weighted by Crippen LogP contribution is 2.43. The summed E-state index contributed by atoms with van der Waals surface area (Å²) in [6, 6.07) is 37.1. The van der Waals surface area contributed by atoms with Crippen LogP contribution in [-0.2, 0) is 4.79 Å². The maximum atomic E-state index is 14.4. The van der Waals surface area contributed by atoms with E-state index in [9.17, 15) is 9.59 Å². The van der Waals surface area contributed by atoms with Crippen LogP contribution in [-0.4, -0.2) is 33.9 Å². The molecule has 202 valence electrons. The zero-order chi connectivity index (χ0) is 27.9. The molecule has 41 heavy (non-hydrogen) atoms. The number of aromatic nitrogens is 1. The number of benzene rings is 4. The SMILES string of the molecule is O=C(c1ccc(-c2ccccc2)cc1)N(CC(=O)N1c2ccccc2-n2cccc2C1c1ccc(Cl)cc1)C1CC1. The molecular formula is C35H28ClN3O2. The van der Waals surface area contributed by atoms with Crippen molar-refractivity contribution in [3.05, 3.63) is 143 Å². The number of hydrogen-bond donors (Lipinski definition) is 0. The highest BCUT2D eigenvalue weighted by atomic mass is 35.5. The average Bonchev–Trinajstić information content (AvgIpc) is 3.74. The molecule has 0 saturated heterocycles. The lowest BCUT2D eigenvalue weighted by molar-refractivity contribution is -0.119. The van der Waals surface area contributed by atoms with E-state index in [0.717, 1.165) is 46.6 Å². The predicted molar refractivity (Wildman–Crippen MR) is 162 cm³/mol. The van der Waals surface area contributed by atoms with E-state index in [0.29, 0.717) is 10.6 Å². The minimum atomic E-state index is -0.356. The summed E-state index contributed by atoms with van der Waals surface area (Å²) in [4.78, 5) is 31.8. The molecule has 1 unspecified atom stereocenters. The number of anilines is 1. The summed E-state index contributed by atoms with van der Waals surface area (Å²) in [7, 11) is 0. The summed E-state index contributed by atoms with van der Waals surface area (Å²) in [6.07, 6.45) is 3.83. The lowest BCUT2D eigenvalue weighted by Crippen LogP contribution is -2.47. The van der Waals surface area contributed by atoms with E-state index in [2.05, 4.69) is 16.7 Å². The van der Waals surface area contributed by atoms with Gasteiger partial charge in [0, 0.05) is 22.8 Å². The van der Waals surface area contributed by atoms with Crippen LogP contribution < -0.4 is 4.90 Å². The molecule has 0 bridgehead atoms. The van der Waals surface area contributed by atoms with Crippen LogP contribution >= 0.6 is 11.6 Å². The van der Waals surface area contributed by atoms with Crippen LogP contribution in [0.1, 0.15) is 40.5 Å². The van der Waals surface area contributed by atoms with Crippen LogP contribution in [0.4, 0.5) is 5.69 Å². The van der Waals surface area contributed by atoms with Gasteiger partial charge in [-0.3, -0.25) is 14.5 Å². The Morgan fingerprint density at radius 2 is 1.39 bits per heavy atom.